The summed E-state index contributed by atoms with van der Waals surface area (Å²) in [5.74, 6) is 0.0145. The minimum absolute atomic E-state index is 0.0145. The molecule has 2 aromatic rings. The first-order chi connectivity index (χ1) is 9.49. The minimum atomic E-state index is -0.262. The lowest BCUT2D eigenvalue weighted by Gasteiger charge is -2.15. The quantitative estimate of drug-likeness (QED) is 0.807. The second kappa shape index (κ2) is 6.23. The van der Waals surface area contributed by atoms with Crippen LogP contribution in [0.2, 0.25) is 5.02 Å². The fourth-order valence-electron chi connectivity index (χ4n) is 1.57. The monoisotopic (exact) mass is 311 g/mol. The van der Waals surface area contributed by atoms with E-state index in [0.29, 0.717) is 10.2 Å². The van der Waals surface area contributed by atoms with Gasteiger partial charge in [0.05, 0.1) is 10.9 Å². The molecule has 20 heavy (non-hydrogen) atoms. The Kier molecular flexibility index (Phi) is 4.61. The Morgan fingerprint density at radius 3 is 2.60 bits per heavy atom. The Bertz CT molecular complexity index is 598. The molecular weight excluding hydrogens is 298 g/mol. The predicted octanol–water partition coefficient (Wildman–Crippen LogP) is 1.88. The molecule has 2 rings (SSSR count). The highest BCUT2D eigenvalue weighted by molar-refractivity contribution is 8.00. The lowest BCUT2D eigenvalue weighted by atomic mass is 10.3. The van der Waals surface area contributed by atoms with Gasteiger partial charge in [-0.05, 0) is 41.6 Å². The molecule has 0 aliphatic carbocycles. The van der Waals surface area contributed by atoms with Crippen LogP contribution in [0.15, 0.2) is 29.4 Å². The molecule has 0 N–H and O–H groups in total. The normalized spacial score (nSPS) is 12.2. The summed E-state index contributed by atoms with van der Waals surface area (Å²) in [6.45, 7) is 1.83. The molecule has 1 heterocycles. The SMILES string of the molecule is C[C@H](Sc1nnnn1-c1ccc(Cl)cc1)C(=O)N(C)C. The lowest BCUT2D eigenvalue weighted by Crippen LogP contribution is -2.29. The molecule has 1 aromatic carbocycles. The summed E-state index contributed by atoms with van der Waals surface area (Å²) in [6.07, 6.45) is 0. The second-order valence-corrected chi connectivity index (χ2v) is 6.09. The molecule has 6 nitrogen and oxygen atoms in total. The van der Waals surface area contributed by atoms with Crippen LogP contribution in [0, 0.1) is 0 Å². The number of halogens is 1. The number of benzene rings is 1. The van der Waals surface area contributed by atoms with E-state index in [2.05, 4.69) is 15.5 Å². The average Bonchev–Trinajstić information content (AvgIpc) is 2.86. The molecule has 0 bridgehead atoms. The molecule has 106 valence electrons. The Morgan fingerprint density at radius 1 is 1.35 bits per heavy atom. The van der Waals surface area contributed by atoms with E-state index in [1.807, 2.05) is 19.1 Å². The summed E-state index contributed by atoms with van der Waals surface area (Å²) in [5.41, 5.74) is 0.798. The van der Waals surface area contributed by atoms with E-state index in [1.165, 1.54) is 11.8 Å². The van der Waals surface area contributed by atoms with E-state index in [-0.39, 0.29) is 11.2 Å². The highest BCUT2D eigenvalue weighted by Crippen LogP contribution is 2.24. The zero-order chi connectivity index (χ0) is 14.7. The first-order valence-corrected chi connectivity index (χ1v) is 7.17. The lowest BCUT2D eigenvalue weighted by molar-refractivity contribution is -0.127. The van der Waals surface area contributed by atoms with Gasteiger partial charge in [-0.2, -0.15) is 4.68 Å². The number of aromatic nitrogens is 4. The van der Waals surface area contributed by atoms with Crippen LogP contribution in [0.4, 0.5) is 0 Å². The van der Waals surface area contributed by atoms with Gasteiger partial charge in [0, 0.05) is 19.1 Å². The summed E-state index contributed by atoms with van der Waals surface area (Å²) in [7, 11) is 3.45. The van der Waals surface area contributed by atoms with Gasteiger partial charge < -0.3 is 4.90 Å². The number of hydrogen-bond donors (Lipinski definition) is 0. The summed E-state index contributed by atoms with van der Waals surface area (Å²) in [6, 6.07) is 7.17. The highest BCUT2D eigenvalue weighted by atomic mass is 35.5. The Hall–Kier alpha value is -1.60. The standard InChI is InChI=1S/C12H14ClN5OS/c1-8(11(19)17(2)3)20-12-14-15-16-18(12)10-6-4-9(13)5-7-10/h4-8H,1-3H3/t8-/m0/s1. The molecule has 0 saturated carbocycles. The van der Waals surface area contributed by atoms with Crippen LogP contribution in [0.25, 0.3) is 5.69 Å². The predicted molar refractivity (Wildman–Crippen MR) is 78.2 cm³/mol. The first kappa shape index (κ1) is 14.8. The summed E-state index contributed by atoms with van der Waals surface area (Å²) in [4.78, 5) is 13.4. The minimum Gasteiger partial charge on any atom is -0.348 e. The van der Waals surface area contributed by atoms with Crippen molar-refractivity contribution >= 4 is 29.3 Å². The zero-order valence-electron chi connectivity index (χ0n) is 11.3. The van der Waals surface area contributed by atoms with Gasteiger partial charge in [-0.3, -0.25) is 4.79 Å². The van der Waals surface area contributed by atoms with E-state index < -0.39 is 0 Å². The molecule has 1 amide bonds. The summed E-state index contributed by atoms with van der Waals surface area (Å²) < 4.78 is 1.58. The third kappa shape index (κ3) is 3.29. The van der Waals surface area contributed by atoms with Gasteiger partial charge in [-0.25, -0.2) is 0 Å². The molecule has 8 heteroatoms. The number of thioether (sulfide) groups is 1. The van der Waals surface area contributed by atoms with Crippen LogP contribution < -0.4 is 0 Å². The van der Waals surface area contributed by atoms with Gasteiger partial charge in [-0.1, -0.05) is 23.4 Å². The van der Waals surface area contributed by atoms with Crippen LogP contribution in [0.5, 0.6) is 0 Å². The number of tetrazole rings is 1. The van der Waals surface area contributed by atoms with Gasteiger partial charge in [0.1, 0.15) is 0 Å². The van der Waals surface area contributed by atoms with Crippen LogP contribution in [-0.4, -0.2) is 50.4 Å². The molecule has 0 unspecified atom stereocenters. The van der Waals surface area contributed by atoms with Gasteiger partial charge >= 0.3 is 0 Å². The van der Waals surface area contributed by atoms with E-state index in [9.17, 15) is 4.79 Å². The number of hydrogen-bond acceptors (Lipinski definition) is 5. The maximum absolute atomic E-state index is 11.9. The number of rotatable bonds is 4. The van der Waals surface area contributed by atoms with Gasteiger partial charge in [0.25, 0.3) is 0 Å². The Balaban J connectivity index is 2.21. The van der Waals surface area contributed by atoms with E-state index in [1.54, 1.807) is 35.8 Å². The number of nitrogens with zero attached hydrogens (tertiary/aromatic N) is 5. The second-order valence-electron chi connectivity index (χ2n) is 4.34. The maximum Gasteiger partial charge on any atom is 0.235 e. The first-order valence-electron chi connectivity index (χ1n) is 5.91. The van der Waals surface area contributed by atoms with Gasteiger partial charge in [0.2, 0.25) is 11.1 Å². The third-order valence-electron chi connectivity index (χ3n) is 2.58. The fourth-order valence-corrected chi connectivity index (χ4v) is 2.65. The zero-order valence-corrected chi connectivity index (χ0v) is 12.9. The Morgan fingerprint density at radius 2 is 2.00 bits per heavy atom. The third-order valence-corrected chi connectivity index (χ3v) is 3.86. The molecule has 0 aliphatic rings. The van der Waals surface area contributed by atoms with Crippen molar-refractivity contribution in [1.82, 2.24) is 25.1 Å². The molecule has 1 atom stereocenters. The van der Waals surface area contributed by atoms with Crippen molar-refractivity contribution in [2.24, 2.45) is 0 Å². The van der Waals surface area contributed by atoms with Crippen molar-refractivity contribution in [3.8, 4) is 5.69 Å². The Labute approximate surface area is 126 Å². The number of carbonyl (C=O) groups excluding carboxylic acids is 1. The molecule has 0 radical (unpaired) electrons. The van der Waals surface area contributed by atoms with E-state index in [4.69, 9.17) is 11.6 Å². The van der Waals surface area contributed by atoms with Crippen molar-refractivity contribution in [3.05, 3.63) is 29.3 Å². The topological polar surface area (TPSA) is 63.9 Å². The van der Waals surface area contributed by atoms with Crippen molar-refractivity contribution < 1.29 is 4.79 Å². The van der Waals surface area contributed by atoms with Crippen LogP contribution in [0.1, 0.15) is 6.92 Å². The fraction of sp³-hybridized carbons (Fsp3) is 0.333. The number of carbonyl (C=O) groups is 1. The van der Waals surface area contributed by atoms with Crippen molar-refractivity contribution in [2.45, 2.75) is 17.3 Å². The highest BCUT2D eigenvalue weighted by Gasteiger charge is 2.20. The molecular formula is C12H14ClN5OS. The molecule has 0 aliphatic heterocycles. The maximum atomic E-state index is 11.9. The average molecular weight is 312 g/mol. The molecule has 0 saturated heterocycles. The van der Waals surface area contributed by atoms with Crippen molar-refractivity contribution in [2.75, 3.05) is 14.1 Å². The molecule has 1 aromatic heterocycles. The van der Waals surface area contributed by atoms with Crippen LogP contribution in [0.3, 0.4) is 0 Å². The number of amides is 1. The summed E-state index contributed by atoms with van der Waals surface area (Å²) >= 11 is 7.17. The van der Waals surface area contributed by atoms with Crippen LogP contribution in [-0.2, 0) is 4.79 Å². The van der Waals surface area contributed by atoms with E-state index in [0.717, 1.165) is 5.69 Å². The molecule has 0 fully saturated rings. The smallest absolute Gasteiger partial charge is 0.235 e. The van der Waals surface area contributed by atoms with Crippen LogP contribution >= 0.6 is 23.4 Å². The van der Waals surface area contributed by atoms with Crippen molar-refractivity contribution in [3.63, 3.8) is 0 Å². The van der Waals surface area contributed by atoms with E-state index >= 15 is 0 Å². The van der Waals surface area contributed by atoms with Gasteiger partial charge in [-0.15, -0.1) is 5.10 Å². The largest absolute Gasteiger partial charge is 0.348 e. The molecule has 0 spiro atoms. The summed E-state index contributed by atoms with van der Waals surface area (Å²) in [5, 5.41) is 12.5. The van der Waals surface area contributed by atoms with Crippen molar-refractivity contribution in [1.29, 1.82) is 0 Å². The van der Waals surface area contributed by atoms with Gasteiger partial charge in [0.15, 0.2) is 0 Å².